The molecule has 28 heavy (non-hydrogen) atoms. The van der Waals surface area contributed by atoms with Crippen LogP contribution >= 0.6 is 0 Å². The Hall–Kier alpha value is -0.720. The summed E-state index contributed by atoms with van der Waals surface area (Å²) in [5.41, 5.74) is -0.519. The SMILES string of the molecule is CC1CCC(F)C2CC(C(=O)NC3CCCC(N4CCC(C)(O)CC4)C3)NC12. The average Bonchev–Trinajstić information content (AvgIpc) is 3.12. The van der Waals surface area contributed by atoms with E-state index in [0.717, 1.165) is 51.6 Å². The minimum absolute atomic E-state index is 0.000235. The number of aliphatic hydroxyl groups is 1. The number of halogens is 1. The molecule has 1 amide bonds. The van der Waals surface area contributed by atoms with Crippen LogP contribution in [-0.2, 0) is 4.79 Å². The van der Waals surface area contributed by atoms with Crippen molar-refractivity contribution in [3.8, 4) is 0 Å². The number of carbonyl (C=O) groups is 1. The minimum atomic E-state index is -0.762. The van der Waals surface area contributed by atoms with Crippen LogP contribution in [0.3, 0.4) is 0 Å². The van der Waals surface area contributed by atoms with Crippen LogP contribution in [0.5, 0.6) is 0 Å². The molecule has 0 bridgehead atoms. The first-order chi connectivity index (χ1) is 13.3. The summed E-state index contributed by atoms with van der Waals surface area (Å²) in [7, 11) is 0. The molecule has 4 fully saturated rings. The number of nitrogens with one attached hydrogen (secondary N) is 2. The molecule has 0 radical (unpaired) electrons. The molecule has 6 heteroatoms. The maximum atomic E-state index is 14.3. The van der Waals surface area contributed by atoms with Gasteiger partial charge in [-0.25, -0.2) is 4.39 Å². The maximum absolute atomic E-state index is 14.3. The molecule has 4 rings (SSSR count). The molecule has 3 N–H and O–H groups in total. The summed E-state index contributed by atoms with van der Waals surface area (Å²) >= 11 is 0. The Bertz CT molecular complexity index is 544. The largest absolute Gasteiger partial charge is 0.390 e. The number of amides is 1. The van der Waals surface area contributed by atoms with E-state index in [1.165, 1.54) is 6.42 Å². The van der Waals surface area contributed by atoms with Crippen molar-refractivity contribution in [2.75, 3.05) is 13.1 Å². The Labute approximate surface area is 168 Å². The van der Waals surface area contributed by atoms with Gasteiger partial charge < -0.3 is 20.6 Å². The zero-order valence-corrected chi connectivity index (χ0v) is 17.5. The lowest BCUT2D eigenvalue weighted by Crippen LogP contribution is -2.53. The number of likely N-dealkylation sites (tertiary alicyclic amines) is 1. The highest BCUT2D eigenvalue weighted by Gasteiger charge is 2.46. The molecule has 5 nitrogen and oxygen atoms in total. The van der Waals surface area contributed by atoms with Gasteiger partial charge in [0.25, 0.3) is 0 Å². The van der Waals surface area contributed by atoms with Gasteiger partial charge in [0.2, 0.25) is 5.91 Å². The molecule has 0 aromatic carbocycles. The standard InChI is InChI=1S/C22H38FN3O2/c1-14-6-7-18(23)17-13-19(25-20(14)17)21(27)24-15-4-3-5-16(12-15)26-10-8-22(2,28)9-11-26/h14-20,25,28H,3-13H2,1-2H3,(H,24,27). The normalized spacial score (nSPS) is 44.1. The summed E-state index contributed by atoms with van der Waals surface area (Å²) in [6, 6.07) is 0.639. The van der Waals surface area contributed by atoms with E-state index in [1.54, 1.807) is 0 Å². The molecule has 0 spiro atoms. The summed E-state index contributed by atoms with van der Waals surface area (Å²) in [4.78, 5) is 15.4. The molecule has 4 aliphatic rings. The predicted octanol–water partition coefficient (Wildman–Crippen LogP) is 2.38. The van der Waals surface area contributed by atoms with Gasteiger partial charge in [-0.2, -0.15) is 0 Å². The number of rotatable bonds is 3. The molecule has 160 valence electrons. The van der Waals surface area contributed by atoms with Crippen molar-refractivity contribution >= 4 is 5.91 Å². The molecular formula is C22H38FN3O2. The summed E-state index contributed by atoms with van der Waals surface area (Å²) in [5.74, 6) is 0.519. The fraction of sp³-hybridized carbons (Fsp3) is 0.955. The number of carbonyl (C=O) groups excluding carboxylic acids is 1. The fourth-order valence-electron chi connectivity index (χ4n) is 6.10. The number of nitrogens with zero attached hydrogens (tertiary/aromatic N) is 1. The van der Waals surface area contributed by atoms with Crippen LogP contribution in [0.4, 0.5) is 4.39 Å². The first kappa shape index (κ1) is 20.5. The van der Waals surface area contributed by atoms with Crippen LogP contribution in [0, 0.1) is 11.8 Å². The Balaban J connectivity index is 1.29. The van der Waals surface area contributed by atoms with E-state index in [9.17, 15) is 14.3 Å². The van der Waals surface area contributed by atoms with Crippen molar-refractivity contribution in [3.05, 3.63) is 0 Å². The van der Waals surface area contributed by atoms with E-state index in [-0.39, 0.29) is 30.0 Å². The Morgan fingerprint density at radius 3 is 2.64 bits per heavy atom. The topological polar surface area (TPSA) is 64.6 Å². The van der Waals surface area contributed by atoms with Gasteiger partial charge in [0.15, 0.2) is 0 Å². The smallest absolute Gasteiger partial charge is 0.237 e. The highest BCUT2D eigenvalue weighted by molar-refractivity contribution is 5.82. The van der Waals surface area contributed by atoms with Crippen molar-refractivity contribution in [3.63, 3.8) is 0 Å². The van der Waals surface area contributed by atoms with E-state index in [0.29, 0.717) is 24.8 Å². The van der Waals surface area contributed by atoms with Gasteiger partial charge in [0.05, 0.1) is 11.6 Å². The Morgan fingerprint density at radius 1 is 1.18 bits per heavy atom. The maximum Gasteiger partial charge on any atom is 0.237 e. The highest BCUT2D eigenvalue weighted by atomic mass is 19.1. The lowest BCUT2D eigenvalue weighted by Gasteiger charge is -2.43. The first-order valence-electron chi connectivity index (χ1n) is 11.5. The third-order valence-corrected chi connectivity index (χ3v) is 8.04. The summed E-state index contributed by atoms with van der Waals surface area (Å²) in [6.07, 6.45) is 7.45. The van der Waals surface area contributed by atoms with Gasteiger partial charge in [-0.15, -0.1) is 0 Å². The first-order valence-corrected chi connectivity index (χ1v) is 11.5. The molecule has 0 aromatic rings. The van der Waals surface area contributed by atoms with Crippen LogP contribution in [0.25, 0.3) is 0 Å². The number of hydrogen-bond donors (Lipinski definition) is 3. The quantitative estimate of drug-likeness (QED) is 0.687. The van der Waals surface area contributed by atoms with Gasteiger partial charge in [-0.3, -0.25) is 4.79 Å². The van der Waals surface area contributed by atoms with Crippen LogP contribution < -0.4 is 10.6 Å². The molecule has 7 atom stereocenters. The molecule has 7 unspecified atom stereocenters. The second kappa shape index (κ2) is 8.19. The second-order valence-corrected chi connectivity index (χ2v) is 10.3. The van der Waals surface area contributed by atoms with Crippen molar-refractivity contribution in [1.29, 1.82) is 0 Å². The van der Waals surface area contributed by atoms with Gasteiger partial charge >= 0.3 is 0 Å². The zero-order chi connectivity index (χ0) is 19.9. The third kappa shape index (κ3) is 4.39. The van der Waals surface area contributed by atoms with E-state index >= 15 is 0 Å². The van der Waals surface area contributed by atoms with Gasteiger partial charge in [-0.05, 0) is 70.6 Å². The van der Waals surface area contributed by atoms with Crippen molar-refractivity contribution in [1.82, 2.24) is 15.5 Å². The van der Waals surface area contributed by atoms with Gasteiger partial charge in [0.1, 0.15) is 6.17 Å². The fourth-order valence-corrected chi connectivity index (χ4v) is 6.10. The number of piperidine rings is 1. The molecule has 2 aliphatic heterocycles. The predicted molar refractivity (Wildman–Crippen MR) is 108 cm³/mol. The summed E-state index contributed by atoms with van der Waals surface area (Å²) in [5, 5.41) is 16.9. The van der Waals surface area contributed by atoms with E-state index < -0.39 is 11.8 Å². The second-order valence-electron chi connectivity index (χ2n) is 10.3. The van der Waals surface area contributed by atoms with Gasteiger partial charge in [0, 0.05) is 37.1 Å². The zero-order valence-electron chi connectivity index (χ0n) is 17.5. The van der Waals surface area contributed by atoms with Crippen LogP contribution in [0.1, 0.15) is 71.6 Å². The third-order valence-electron chi connectivity index (χ3n) is 8.04. The molecule has 2 saturated heterocycles. The van der Waals surface area contributed by atoms with Gasteiger partial charge in [-0.1, -0.05) is 6.92 Å². The van der Waals surface area contributed by atoms with Crippen LogP contribution in [0.15, 0.2) is 0 Å². The summed E-state index contributed by atoms with van der Waals surface area (Å²) in [6.45, 7) is 6.01. The number of alkyl halides is 1. The van der Waals surface area contributed by atoms with Crippen LogP contribution in [0.2, 0.25) is 0 Å². The number of fused-ring (bicyclic) bond motifs is 1. The highest BCUT2D eigenvalue weighted by Crippen LogP contribution is 2.38. The molecule has 2 heterocycles. The lowest BCUT2D eigenvalue weighted by molar-refractivity contribution is -0.124. The molecule has 0 aromatic heterocycles. The lowest BCUT2D eigenvalue weighted by atomic mass is 9.77. The van der Waals surface area contributed by atoms with E-state index in [1.807, 2.05) is 6.92 Å². The Kier molecular flexibility index (Phi) is 6.01. The van der Waals surface area contributed by atoms with Crippen LogP contribution in [-0.4, -0.2) is 64.9 Å². The molecule has 2 saturated carbocycles. The Morgan fingerprint density at radius 2 is 1.93 bits per heavy atom. The van der Waals surface area contributed by atoms with E-state index in [2.05, 4.69) is 22.5 Å². The van der Waals surface area contributed by atoms with E-state index in [4.69, 9.17) is 0 Å². The van der Waals surface area contributed by atoms with Crippen molar-refractivity contribution < 1.29 is 14.3 Å². The van der Waals surface area contributed by atoms with Crippen molar-refractivity contribution in [2.24, 2.45) is 11.8 Å². The molecular weight excluding hydrogens is 357 g/mol. The monoisotopic (exact) mass is 395 g/mol. The summed E-state index contributed by atoms with van der Waals surface area (Å²) < 4.78 is 14.3. The molecule has 2 aliphatic carbocycles. The average molecular weight is 396 g/mol. The number of hydrogen-bond acceptors (Lipinski definition) is 4. The minimum Gasteiger partial charge on any atom is -0.390 e. The van der Waals surface area contributed by atoms with Crippen molar-refractivity contribution in [2.45, 2.75) is 108 Å².